The Labute approximate surface area is 194 Å². The van der Waals surface area contributed by atoms with Crippen molar-refractivity contribution in [2.45, 2.75) is 5.03 Å². The largest absolute Gasteiger partial charge is 0.495 e. The molecule has 8 nitrogen and oxygen atoms in total. The third-order valence-corrected chi connectivity index (χ3v) is 6.83. The molecule has 1 aromatic heterocycles. The fourth-order valence-electron chi connectivity index (χ4n) is 3.32. The number of hydrogen-bond donors (Lipinski definition) is 2. The van der Waals surface area contributed by atoms with Crippen molar-refractivity contribution in [1.29, 1.82) is 0 Å². The van der Waals surface area contributed by atoms with Crippen molar-refractivity contribution in [1.82, 2.24) is 9.88 Å². The van der Waals surface area contributed by atoms with Gasteiger partial charge in [-0.05, 0) is 30.3 Å². The van der Waals surface area contributed by atoms with Gasteiger partial charge in [-0.15, -0.1) is 11.3 Å². The van der Waals surface area contributed by atoms with Gasteiger partial charge in [0.2, 0.25) is 0 Å². The number of aromatic nitrogens is 1. The first-order chi connectivity index (χ1) is 15.5. The second-order valence-electron chi connectivity index (χ2n) is 7.04. The fourth-order valence-corrected chi connectivity index (χ4v) is 4.97. The predicted octanol–water partition coefficient (Wildman–Crippen LogP) is 3.93. The number of carboxylic acid groups (broad SMARTS) is 1. The van der Waals surface area contributed by atoms with Crippen LogP contribution in [0.4, 0.5) is 10.8 Å². The molecular formula is C22H22N4O4S2. The lowest BCUT2D eigenvalue weighted by molar-refractivity contribution is 0.0695. The average molecular weight is 471 g/mol. The van der Waals surface area contributed by atoms with E-state index in [1.54, 1.807) is 17.4 Å². The number of piperazine rings is 1. The number of amides is 1. The number of rotatable bonds is 7. The number of carbonyl (C=O) groups is 2. The molecule has 0 aliphatic carbocycles. The molecule has 2 heterocycles. The lowest BCUT2D eigenvalue weighted by Crippen LogP contribution is -2.48. The van der Waals surface area contributed by atoms with E-state index in [0.717, 1.165) is 23.2 Å². The maximum atomic E-state index is 12.6. The first-order valence-electron chi connectivity index (χ1n) is 9.94. The van der Waals surface area contributed by atoms with Gasteiger partial charge in [0.05, 0.1) is 18.4 Å². The highest BCUT2D eigenvalue weighted by Gasteiger charge is 2.23. The van der Waals surface area contributed by atoms with Gasteiger partial charge in [0.1, 0.15) is 10.8 Å². The Kier molecular flexibility index (Phi) is 6.81. The molecule has 2 aromatic carbocycles. The zero-order valence-corrected chi connectivity index (χ0v) is 19.0. The molecule has 1 saturated heterocycles. The van der Waals surface area contributed by atoms with E-state index in [0.29, 0.717) is 30.1 Å². The molecule has 0 saturated carbocycles. The van der Waals surface area contributed by atoms with E-state index in [-0.39, 0.29) is 11.5 Å². The Morgan fingerprint density at radius 2 is 1.84 bits per heavy atom. The lowest BCUT2D eigenvalue weighted by Gasteiger charge is -2.34. The molecule has 0 unspecified atom stereocenters. The summed E-state index contributed by atoms with van der Waals surface area (Å²) in [6.45, 7) is 2.77. The standard InChI is InChI=1S/C22H22N4O4S2/c1-30-18-13-16(21(28)29)7-8-17(18)24-32-19-14-31-22(23-19)26-11-9-25(10-12-26)20(27)15-5-3-2-4-6-15/h2-8,13-14,24H,9-12H2,1H3,(H,28,29). The number of nitrogens with one attached hydrogen (secondary N) is 1. The van der Waals surface area contributed by atoms with E-state index >= 15 is 0 Å². The Hall–Kier alpha value is -3.24. The van der Waals surface area contributed by atoms with Gasteiger partial charge in [-0.25, -0.2) is 9.78 Å². The van der Waals surface area contributed by atoms with E-state index in [1.807, 2.05) is 40.6 Å². The number of carbonyl (C=O) groups excluding carboxylic acids is 1. The van der Waals surface area contributed by atoms with Crippen LogP contribution in [0.5, 0.6) is 5.75 Å². The minimum atomic E-state index is -1.00. The zero-order chi connectivity index (χ0) is 22.5. The van der Waals surface area contributed by atoms with Crippen LogP contribution in [0, 0.1) is 0 Å². The minimum Gasteiger partial charge on any atom is -0.495 e. The van der Waals surface area contributed by atoms with Crippen LogP contribution >= 0.6 is 23.3 Å². The number of aromatic carboxylic acids is 1. The summed E-state index contributed by atoms with van der Waals surface area (Å²) in [4.78, 5) is 32.5. The second-order valence-corrected chi connectivity index (χ2v) is 8.70. The molecule has 1 amide bonds. The van der Waals surface area contributed by atoms with Gasteiger partial charge in [-0.1, -0.05) is 18.2 Å². The molecule has 3 aromatic rings. The van der Waals surface area contributed by atoms with Crippen molar-refractivity contribution < 1.29 is 19.4 Å². The van der Waals surface area contributed by atoms with Crippen LogP contribution in [0.3, 0.4) is 0 Å². The van der Waals surface area contributed by atoms with Crippen molar-refractivity contribution in [2.75, 3.05) is 42.9 Å². The third kappa shape index (κ3) is 4.97. The van der Waals surface area contributed by atoms with Gasteiger partial charge in [0, 0.05) is 49.1 Å². The highest BCUT2D eigenvalue weighted by Crippen LogP contribution is 2.32. The van der Waals surface area contributed by atoms with Crippen molar-refractivity contribution in [3.05, 3.63) is 65.0 Å². The normalized spacial score (nSPS) is 13.7. The average Bonchev–Trinajstić information content (AvgIpc) is 3.32. The van der Waals surface area contributed by atoms with Gasteiger partial charge in [0.15, 0.2) is 5.13 Å². The summed E-state index contributed by atoms with van der Waals surface area (Å²) in [7, 11) is 1.50. The van der Waals surface area contributed by atoms with Crippen LogP contribution in [0.1, 0.15) is 20.7 Å². The molecule has 0 radical (unpaired) electrons. The lowest BCUT2D eigenvalue weighted by atomic mass is 10.2. The topological polar surface area (TPSA) is 95.0 Å². The molecule has 1 fully saturated rings. The summed E-state index contributed by atoms with van der Waals surface area (Å²) in [5.74, 6) is -0.489. The van der Waals surface area contributed by atoms with Gasteiger partial charge < -0.3 is 24.4 Å². The summed E-state index contributed by atoms with van der Waals surface area (Å²) in [6.07, 6.45) is 0. The predicted molar refractivity (Wildman–Crippen MR) is 126 cm³/mol. The third-order valence-electron chi connectivity index (χ3n) is 5.04. The van der Waals surface area contributed by atoms with E-state index in [9.17, 15) is 9.59 Å². The number of carboxylic acids is 1. The van der Waals surface area contributed by atoms with Gasteiger partial charge >= 0.3 is 5.97 Å². The quantitative estimate of drug-likeness (QED) is 0.502. The van der Waals surface area contributed by atoms with Crippen molar-refractivity contribution in [3.63, 3.8) is 0 Å². The first-order valence-corrected chi connectivity index (χ1v) is 11.6. The molecule has 1 aliphatic heterocycles. The van der Waals surface area contributed by atoms with E-state index in [1.165, 1.54) is 31.2 Å². The maximum absolute atomic E-state index is 12.6. The van der Waals surface area contributed by atoms with Crippen LogP contribution in [-0.2, 0) is 0 Å². The molecule has 0 atom stereocenters. The zero-order valence-electron chi connectivity index (χ0n) is 17.4. The smallest absolute Gasteiger partial charge is 0.335 e. The summed E-state index contributed by atoms with van der Waals surface area (Å²) in [6, 6.07) is 14.0. The number of anilines is 2. The van der Waals surface area contributed by atoms with Crippen molar-refractivity contribution >= 4 is 46.0 Å². The van der Waals surface area contributed by atoms with Gasteiger partial charge in [0.25, 0.3) is 5.91 Å². The van der Waals surface area contributed by atoms with Crippen LogP contribution in [-0.4, -0.2) is 60.2 Å². The number of thiazole rings is 1. The second kappa shape index (κ2) is 9.92. The molecule has 4 rings (SSSR count). The monoisotopic (exact) mass is 470 g/mol. The Balaban J connectivity index is 1.33. The highest BCUT2D eigenvalue weighted by atomic mass is 32.2. The minimum absolute atomic E-state index is 0.0627. The SMILES string of the molecule is COc1cc(C(=O)O)ccc1NSc1csc(N2CCN(C(=O)c3ccccc3)CC2)n1. The summed E-state index contributed by atoms with van der Waals surface area (Å²) < 4.78 is 8.46. The summed E-state index contributed by atoms with van der Waals surface area (Å²) in [5, 5.41) is 12.8. The van der Waals surface area contributed by atoms with Crippen molar-refractivity contribution in [3.8, 4) is 5.75 Å². The van der Waals surface area contributed by atoms with Gasteiger partial charge in [-0.2, -0.15) is 0 Å². The number of hydrogen-bond acceptors (Lipinski definition) is 8. The van der Waals surface area contributed by atoms with E-state index < -0.39 is 5.97 Å². The van der Waals surface area contributed by atoms with Crippen LogP contribution in [0.2, 0.25) is 0 Å². The summed E-state index contributed by atoms with van der Waals surface area (Å²) in [5.41, 5.74) is 1.55. The molecule has 32 heavy (non-hydrogen) atoms. The van der Waals surface area contributed by atoms with E-state index in [2.05, 4.69) is 14.6 Å². The maximum Gasteiger partial charge on any atom is 0.335 e. The summed E-state index contributed by atoms with van der Waals surface area (Å²) >= 11 is 2.89. The molecular weight excluding hydrogens is 448 g/mol. The van der Waals surface area contributed by atoms with Crippen molar-refractivity contribution in [2.24, 2.45) is 0 Å². The Morgan fingerprint density at radius 1 is 1.09 bits per heavy atom. The molecule has 2 N–H and O–H groups in total. The number of nitrogens with zero attached hydrogens (tertiary/aromatic N) is 3. The van der Waals surface area contributed by atoms with Crippen LogP contribution < -0.4 is 14.4 Å². The molecule has 0 bridgehead atoms. The highest BCUT2D eigenvalue weighted by molar-refractivity contribution is 8.00. The number of ether oxygens (including phenoxy) is 1. The number of benzene rings is 2. The molecule has 1 aliphatic rings. The Morgan fingerprint density at radius 3 is 2.53 bits per heavy atom. The van der Waals surface area contributed by atoms with E-state index in [4.69, 9.17) is 9.84 Å². The number of methoxy groups -OCH3 is 1. The first kappa shape index (κ1) is 22.0. The van der Waals surface area contributed by atoms with Crippen LogP contribution in [0.15, 0.2) is 58.9 Å². The van der Waals surface area contributed by atoms with Crippen LogP contribution in [0.25, 0.3) is 0 Å². The molecule has 0 spiro atoms. The molecule has 10 heteroatoms. The Bertz CT molecular complexity index is 1100. The fraction of sp³-hybridized carbons (Fsp3) is 0.227. The van der Waals surface area contributed by atoms with Gasteiger partial charge in [-0.3, -0.25) is 4.79 Å². The molecule has 166 valence electrons.